The Kier molecular flexibility index (Phi) is 12.7. The minimum Gasteiger partial charge on any atom is -0.477 e. The number of aromatic carboxylic acids is 1. The van der Waals surface area contributed by atoms with Crippen molar-refractivity contribution in [3.63, 3.8) is 0 Å². The van der Waals surface area contributed by atoms with Crippen LogP contribution in [0, 0.1) is 0 Å². The zero-order chi connectivity index (χ0) is 39.9. The molecule has 0 spiro atoms. The van der Waals surface area contributed by atoms with Gasteiger partial charge < -0.3 is 35.4 Å². The number of carboxylic acid groups (broad SMARTS) is 1. The highest BCUT2D eigenvalue weighted by molar-refractivity contribution is 6.03. The van der Waals surface area contributed by atoms with E-state index in [0.29, 0.717) is 74.1 Å². The van der Waals surface area contributed by atoms with Gasteiger partial charge >= 0.3 is 5.97 Å². The van der Waals surface area contributed by atoms with Crippen LogP contribution >= 0.6 is 0 Å². The molecule has 0 radical (unpaired) electrons. The van der Waals surface area contributed by atoms with Crippen molar-refractivity contribution < 1.29 is 29.1 Å². The Labute approximate surface area is 328 Å². The van der Waals surface area contributed by atoms with E-state index in [0.717, 1.165) is 34.6 Å². The second-order valence-corrected chi connectivity index (χ2v) is 15.1. The van der Waals surface area contributed by atoms with Crippen LogP contribution in [0.2, 0.25) is 0 Å². The minimum absolute atomic E-state index is 0.0101. The van der Waals surface area contributed by atoms with Crippen LogP contribution in [0.4, 0.5) is 22.7 Å². The number of fused-ring (bicyclic) bond motifs is 2. The molecule has 1 aliphatic carbocycles. The first-order chi connectivity index (χ1) is 26.9. The van der Waals surface area contributed by atoms with Gasteiger partial charge in [-0.05, 0) is 112 Å². The van der Waals surface area contributed by atoms with E-state index < -0.39 is 5.97 Å². The monoisotopic (exact) mass is 760 g/mol. The van der Waals surface area contributed by atoms with Crippen molar-refractivity contribution in [3.05, 3.63) is 106 Å². The number of amides is 3. The van der Waals surface area contributed by atoms with E-state index >= 15 is 0 Å². The lowest BCUT2D eigenvalue weighted by Gasteiger charge is -2.40. The first-order valence-electron chi connectivity index (χ1n) is 19.5. The summed E-state index contributed by atoms with van der Waals surface area (Å²) in [6, 6.07) is 22.9. The number of benzene rings is 3. The van der Waals surface area contributed by atoms with Crippen LogP contribution in [-0.2, 0) is 33.8 Å². The Hall–Kier alpha value is -5.75. The molecular weight excluding hydrogens is 709 g/mol. The fourth-order valence-corrected chi connectivity index (χ4v) is 7.94. The summed E-state index contributed by atoms with van der Waals surface area (Å²) >= 11 is 0. The Bertz CT molecular complexity index is 2090. The summed E-state index contributed by atoms with van der Waals surface area (Å²) < 4.78 is 1.78. The summed E-state index contributed by atoms with van der Waals surface area (Å²) in [6.45, 7) is 4.90. The van der Waals surface area contributed by atoms with Crippen LogP contribution in [0.1, 0.15) is 108 Å². The topological polar surface area (TPSA) is 153 Å². The van der Waals surface area contributed by atoms with Crippen LogP contribution in [-0.4, -0.2) is 70.7 Å². The molecule has 12 heteroatoms. The van der Waals surface area contributed by atoms with Crippen molar-refractivity contribution in [2.24, 2.45) is 0 Å². The summed E-state index contributed by atoms with van der Waals surface area (Å²) in [6.07, 6.45) is 4.20. The van der Waals surface area contributed by atoms with Gasteiger partial charge in [-0.1, -0.05) is 37.3 Å². The summed E-state index contributed by atoms with van der Waals surface area (Å²) in [5, 5.41) is 19.6. The fraction of sp³-hybridized carbons (Fsp3) is 0.386. The molecule has 2 heterocycles. The molecule has 294 valence electrons. The predicted molar refractivity (Wildman–Crippen MR) is 219 cm³/mol. The quantitative estimate of drug-likeness (QED) is 0.0986. The van der Waals surface area contributed by atoms with Crippen LogP contribution in [0.5, 0.6) is 0 Å². The smallest absolute Gasteiger partial charge is 0.352 e. The molecule has 0 saturated heterocycles. The molecule has 3 aromatic carbocycles. The van der Waals surface area contributed by atoms with Crippen molar-refractivity contribution in [2.75, 3.05) is 41.5 Å². The van der Waals surface area contributed by atoms with Gasteiger partial charge in [-0.25, -0.2) is 4.79 Å². The Morgan fingerprint density at radius 1 is 0.857 bits per heavy atom. The fourth-order valence-electron chi connectivity index (χ4n) is 7.94. The van der Waals surface area contributed by atoms with Gasteiger partial charge in [-0.3, -0.25) is 19.2 Å². The standard InChI is InChI=1S/C44H52N6O6/c1-5-41(54)50-28(2)26-35(33-10-6-7-11-36(33)50)45-30-20-22-32(23-21-30)47-40(53)15-9-14-39(52)46-31-18-16-29(17-19-31)27-49-37-12-8-13-38(51)42(37)34(24-25-48(3)4)43(49)44(55)56/h6-7,10-11,16-23,28,35,45H,5,8-9,12-15,24-27H2,1-4H3,(H,46,52)(H,47,53)(H,55,56)/t28-,35+/m0/s1. The predicted octanol–water partition coefficient (Wildman–Crippen LogP) is 7.29. The Morgan fingerprint density at radius 3 is 2.11 bits per heavy atom. The third-order valence-electron chi connectivity index (χ3n) is 10.6. The van der Waals surface area contributed by atoms with E-state index in [-0.39, 0.29) is 54.1 Å². The molecule has 4 aromatic rings. The van der Waals surface area contributed by atoms with E-state index in [2.05, 4.69) is 28.9 Å². The number of nitrogens with zero attached hydrogens (tertiary/aromatic N) is 3. The number of carboxylic acids is 1. The van der Waals surface area contributed by atoms with Gasteiger partial charge in [0.2, 0.25) is 17.7 Å². The summed E-state index contributed by atoms with van der Waals surface area (Å²) in [7, 11) is 3.85. The molecular formula is C44H52N6O6. The number of ketones is 1. The molecule has 4 N–H and O–H groups in total. The van der Waals surface area contributed by atoms with E-state index in [9.17, 15) is 29.1 Å². The van der Waals surface area contributed by atoms with Crippen molar-refractivity contribution in [1.29, 1.82) is 0 Å². The van der Waals surface area contributed by atoms with Gasteiger partial charge in [-0.15, -0.1) is 0 Å². The number of nitrogens with one attached hydrogen (secondary N) is 3. The van der Waals surface area contributed by atoms with Gasteiger partial charge in [0.25, 0.3) is 0 Å². The number of hydrogen-bond acceptors (Lipinski definition) is 7. The number of likely N-dealkylation sites (N-methyl/N-ethyl adjacent to an activating group) is 1. The zero-order valence-electron chi connectivity index (χ0n) is 32.7. The number of carbonyl (C=O) groups is 5. The molecule has 0 bridgehead atoms. The van der Waals surface area contributed by atoms with Gasteiger partial charge in [0, 0.05) is 78.8 Å². The SMILES string of the molecule is CCC(=O)N1c2ccccc2[C@H](Nc2ccc(NC(=O)CCCC(=O)Nc3ccc(Cn4c5c(c(CCN(C)C)c4C(=O)O)C(=O)CCC5)cc3)cc2)C[C@@H]1C. The average Bonchev–Trinajstić information content (AvgIpc) is 3.49. The molecule has 3 amide bonds. The highest BCUT2D eigenvalue weighted by Gasteiger charge is 2.34. The summed E-state index contributed by atoms with van der Waals surface area (Å²) in [5.74, 6) is -1.31. The molecule has 6 rings (SSSR count). The zero-order valence-corrected chi connectivity index (χ0v) is 32.7. The second kappa shape index (κ2) is 17.8. The molecule has 56 heavy (non-hydrogen) atoms. The van der Waals surface area contributed by atoms with Crippen LogP contribution in [0.15, 0.2) is 72.8 Å². The van der Waals surface area contributed by atoms with Crippen molar-refractivity contribution >= 4 is 52.2 Å². The maximum Gasteiger partial charge on any atom is 0.352 e. The number of rotatable bonds is 15. The normalized spacial score (nSPS) is 16.2. The Morgan fingerprint density at radius 2 is 1.48 bits per heavy atom. The van der Waals surface area contributed by atoms with E-state index in [1.54, 1.807) is 16.7 Å². The van der Waals surface area contributed by atoms with Gasteiger partial charge in [0.15, 0.2) is 5.78 Å². The molecule has 1 aromatic heterocycles. The molecule has 2 atom stereocenters. The lowest BCUT2D eigenvalue weighted by Crippen LogP contribution is -2.44. The summed E-state index contributed by atoms with van der Waals surface area (Å²) in [5.41, 5.74) is 7.21. The van der Waals surface area contributed by atoms with Crippen molar-refractivity contribution in [1.82, 2.24) is 9.47 Å². The number of Topliss-reactive ketones (excluding diaryl/α,β-unsaturated/α-hetero) is 1. The molecule has 12 nitrogen and oxygen atoms in total. The van der Waals surface area contributed by atoms with Gasteiger partial charge in [0.05, 0.1) is 6.04 Å². The third kappa shape index (κ3) is 9.19. The molecule has 0 fully saturated rings. The highest BCUT2D eigenvalue weighted by atomic mass is 16.4. The lowest BCUT2D eigenvalue weighted by molar-refractivity contribution is -0.119. The summed E-state index contributed by atoms with van der Waals surface area (Å²) in [4.78, 5) is 67.5. The molecule has 1 aliphatic heterocycles. The lowest BCUT2D eigenvalue weighted by atomic mass is 9.91. The maximum atomic E-state index is 13.0. The van der Waals surface area contributed by atoms with Gasteiger partial charge in [0.1, 0.15) is 5.69 Å². The van der Waals surface area contributed by atoms with Crippen LogP contribution in [0.25, 0.3) is 0 Å². The van der Waals surface area contributed by atoms with Crippen molar-refractivity contribution in [2.45, 2.75) is 90.3 Å². The van der Waals surface area contributed by atoms with E-state index in [4.69, 9.17) is 0 Å². The minimum atomic E-state index is -1.04. The van der Waals surface area contributed by atoms with E-state index in [1.807, 2.05) is 85.4 Å². The number of aromatic nitrogens is 1. The van der Waals surface area contributed by atoms with Crippen LogP contribution < -0.4 is 20.9 Å². The number of anilines is 4. The maximum absolute atomic E-state index is 13.0. The highest BCUT2D eigenvalue weighted by Crippen LogP contribution is 2.39. The number of carbonyl (C=O) groups excluding carboxylic acids is 4. The molecule has 0 saturated carbocycles. The third-order valence-corrected chi connectivity index (χ3v) is 10.6. The van der Waals surface area contributed by atoms with E-state index in [1.165, 1.54) is 0 Å². The second-order valence-electron chi connectivity index (χ2n) is 15.1. The van der Waals surface area contributed by atoms with Crippen LogP contribution in [0.3, 0.4) is 0 Å². The number of para-hydroxylation sites is 1. The Balaban J connectivity index is 0.981. The average molecular weight is 761 g/mol. The largest absolute Gasteiger partial charge is 0.477 e. The number of hydrogen-bond donors (Lipinski definition) is 4. The molecule has 2 aliphatic rings. The first kappa shape index (κ1) is 39.9. The first-order valence-corrected chi connectivity index (χ1v) is 19.5. The molecule has 0 unspecified atom stereocenters. The van der Waals surface area contributed by atoms with Crippen molar-refractivity contribution in [3.8, 4) is 0 Å². The van der Waals surface area contributed by atoms with Gasteiger partial charge in [-0.2, -0.15) is 0 Å².